The maximum Gasteiger partial charge on any atom is 0.204 e. The molecule has 0 heterocycles. The Morgan fingerprint density at radius 1 is 0.365 bits per heavy atom. The van der Waals surface area contributed by atoms with E-state index in [1.807, 2.05) is 0 Å². The average Bonchev–Trinajstić information content (AvgIpc) is 3.14. The molecular weight excluding hydrogens is 705 g/mol. The molecule has 10 heteroatoms. The van der Waals surface area contributed by atoms with Crippen LogP contribution in [0, 0.1) is 60.4 Å². The third-order valence-corrected chi connectivity index (χ3v) is 10.5. The molecule has 2 rings (SSSR count). The van der Waals surface area contributed by atoms with E-state index in [0.717, 1.165) is 64.1 Å². The van der Waals surface area contributed by atoms with E-state index in [2.05, 4.69) is 13.8 Å². The molecule has 0 N–H and O–H groups in total. The molecule has 0 bridgehead atoms. The van der Waals surface area contributed by atoms with Crippen molar-refractivity contribution in [2.24, 2.45) is 0 Å². The predicted molar refractivity (Wildman–Crippen MR) is 200 cm³/mol. The van der Waals surface area contributed by atoms with Gasteiger partial charge in [0.1, 0.15) is 0 Å². The summed E-state index contributed by atoms with van der Waals surface area (Å²) in [6, 6.07) is 0. The Hall–Kier alpha value is -1.97. The van der Waals surface area contributed by atoms with Crippen molar-refractivity contribution >= 4 is 11.8 Å². The molecule has 0 fully saturated rings. The maximum absolute atomic E-state index is 13.7. The van der Waals surface area contributed by atoms with Crippen LogP contribution in [0.1, 0.15) is 179 Å². The van der Waals surface area contributed by atoms with E-state index in [1.54, 1.807) is 0 Å². The fourth-order valence-electron chi connectivity index (χ4n) is 5.93. The summed E-state index contributed by atoms with van der Waals surface area (Å²) in [7, 11) is 0. The second-order valence-corrected chi connectivity index (χ2v) is 15.0. The SMILES string of the molecule is CCCCCCCCCCCCCCCCOc1c(F)c(F)c(C)c(F)c1F.CCCCCCCCCCCCSc1c(F)c(F)c(C)c(F)c1F. The average molecular weight is 769 g/mol. The van der Waals surface area contributed by atoms with Gasteiger partial charge in [-0.2, -0.15) is 8.78 Å². The molecule has 2 aromatic rings. The lowest BCUT2D eigenvalue weighted by Crippen LogP contribution is -2.07. The van der Waals surface area contributed by atoms with Crippen LogP contribution in [0.25, 0.3) is 0 Å². The molecule has 0 saturated heterocycles. The van der Waals surface area contributed by atoms with Gasteiger partial charge in [-0.25, -0.2) is 26.3 Å². The highest BCUT2D eigenvalue weighted by Crippen LogP contribution is 2.32. The summed E-state index contributed by atoms with van der Waals surface area (Å²) in [6.07, 6.45) is 28.5. The summed E-state index contributed by atoms with van der Waals surface area (Å²) < 4.78 is 114. The Labute approximate surface area is 313 Å². The number of thioether (sulfide) groups is 1. The van der Waals surface area contributed by atoms with Crippen LogP contribution < -0.4 is 4.74 Å². The Kier molecular flexibility index (Phi) is 27.2. The van der Waals surface area contributed by atoms with Crippen molar-refractivity contribution in [1.82, 2.24) is 0 Å². The Morgan fingerprint density at radius 2 is 0.654 bits per heavy atom. The standard InChI is InChI=1S/C23H36F4O.C19H28F4S/c1-3-4-5-6-7-8-9-10-11-12-13-14-15-16-17-28-23-21(26)19(24)18(2)20(25)22(23)27;1-3-4-5-6-7-8-9-10-11-12-13-24-19-17(22)15(20)14(2)16(21)18(19)23/h3-17H2,1-2H3;3-13H2,1-2H3. The molecule has 52 heavy (non-hydrogen) atoms. The lowest BCUT2D eigenvalue weighted by molar-refractivity contribution is 0.262. The molecule has 0 spiro atoms. The van der Waals surface area contributed by atoms with Crippen LogP contribution in [0.5, 0.6) is 5.75 Å². The van der Waals surface area contributed by atoms with Crippen LogP contribution in [0.2, 0.25) is 0 Å². The third kappa shape index (κ3) is 18.4. The Balaban J connectivity index is 0.000000526. The van der Waals surface area contributed by atoms with Gasteiger partial charge in [-0.3, -0.25) is 0 Å². The molecule has 0 amide bonds. The number of benzene rings is 2. The highest BCUT2D eigenvalue weighted by molar-refractivity contribution is 7.99. The summed E-state index contributed by atoms with van der Waals surface area (Å²) in [5, 5.41) is 0. The largest absolute Gasteiger partial charge is 0.487 e. The fraction of sp³-hybridized carbons (Fsp3) is 0.714. The first-order valence-corrected chi connectivity index (χ1v) is 20.9. The lowest BCUT2D eigenvalue weighted by Gasteiger charge is -2.11. The molecule has 0 atom stereocenters. The van der Waals surface area contributed by atoms with Crippen LogP contribution in [-0.4, -0.2) is 12.4 Å². The van der Waals surface area contributed by atoms with Gasteiger partial charge in [-0.1, -0.05) is 155 Å². The van der Waals surface area contributed by atoms with E-state index in [0.29, 0.717) is 12.2 Å². The number of rotatable bonds is 28. The molecule has 0 aliphatic heterocycles. The van der Waals surface area contributed by atoms with E-state index < -0.39 is 68.3 Å². The van der Waals surface area contributed by atoms with Crippen molar-refractivity contribution in [3.05, 3.63) is 57.7 Å². The molecule has 0 aromatic heterocycles. The lowest BCUT2D eigenvalue weighted by atomic mass is 10.0. The van der Waals surface area contributed by atoms with Gasteiger partial charge >= 0.3 is 0 Å². The molecule has 0 unspecified atom stereocenters. The minimum atomic E-state index is -1.46. The first-order chi connectivity index (χ1) is 25.0. The summed E-state index contributed by atoms with van der Waals surface area (Å²) in [5.41, 5.74) is -1.27. The zero-order valence-corrected chi connectivity index (χ0v) is 33.0. The maximum atomic E-state index is 13.7. The van der Waals surface area contributed by atoms with Crippen molar-refractivity contribution in [2.45, 2.75) is 187 Å². The van der Waals surface area contributed by atoms with Crippen molar-refractivity contribution < 1.29 is 39.9 Å². The quantitative estimate of drug-likeness (QED) is 0.0369. The molecule has 0 saturated carbocycles. The fourth-order valence-corrected chi connectivity index (χ4v) is 6.92. The summed E-state index contributed by atoms with van der Waals surface area (Å²) in [4.78, 5) is -0.536. The van der Waals surface area contributed by atoms with Crippen LogP contribution >= 0.6 is 11.8 Å². The zero-order valence-electron chi connectivity index (χ0n) is 32.2. The van der Waals surface area contributed by atoms with Gasteiger partial charge < -0.3 is 4.74 Å². The molecule has 2 aromatic carbocycles. The van der Waals surface area contributed by atoms with Crippen molar-refractivity contribution in [3.8, 4) is 5.75 Å². The Morgan fingerprint density at radius 3 is 1.00 bits per heavy atom. The van der Waals surface area contributed by atoms with Crippen molar-refractivity contribution in [3.63, 3.8) is 0 Å². The monoisotopic (exact) mass is 768 g/mol. The third-order valence-electron chi connectivity index (χ3n) is 9.37. The minimum Gasteiger partial charge on any atom is -0.487 e. The van der Waals surface area contributed by atoms with Gasteiger partial charge in [-0.05, 0) is 32.4 Å². The summed E-state index contributed by atoms with van der Waals surface area (Å²) in [6.45, 7) is 6.52. The van der Waals surface area contributed by atoms with Crippen LogP contribution in [0.4, 0.5) is 35.1 Å². The first kappa shape index (κ1) is 48.0. The van der Waals surface area contributed by atoms with Crippen molar-refractivity contribution in [1.29, 1.82) is 0 Å². The number of halogens is 8. The van der Waals surface area contributed by atoms with Gasteiger partial charge in [-0.15, -0.1) is 11.8 Å². The van der Waals surface area contributed by atoms with Gasteiger partial charge in [0, 0.05) is 11.1 Å². The zero-order chi connectivity index (χ0) is 38.7. The highest BCUT2D eigenvalue weighted by Gasteiger charge is 2.25. The first-order valence-electron chi connectivity index (χ1n) is 19.9. The molecule has 0 aliphatic rings. The number of ether oxygens (including phenoxy) is 1. The van der Waals surface area contributed by atoms with E-state index in [1.165, 1.54) is 109 Å². The number of hydrogen-bond donors (Lipinski definition) is 0. The van der Waals surface area contributed by atoms with Gasteiger partial charge in [0.2, 0.25) is 11.6 Å². The van der Waals surface area contributed by atoms with Gasteiger partial charge in [0.25, 0.3) is 0 Å². The minimum absolute atomic E-state index is 0.0494. The summed E-state index contributed by atoms with van der Waals surface area (Å²) >= 11 is 0.858. The molecule has 0 aliphatic carbocycles. The van der Waals surface area contributed by atoms with E-state index >= 15 is 0 Å². The molecule has 1 nitrogen and oxygen atoms in total. The second kappa shape index (κ2) is 29.4. The number of unbranched alkanes of at least 4 members (excludes halogenated alkanes) is 22. The highest BCUT2D eigenvalue weighted by atomic mass is 32.2. The van der Waals surface area contributed by atoms with Gasteiger partial charge in [0.05, 0.1) is 11.5 Å². The van der Waals surface area contributed by atoms with Crippen LogP contribution in [0.3, 0.4) is 0 Å². The van der Waals surface area contributed by atoms with Gasteiger partial charge in [0.15, 0.2) is 40.7 Å². The van der Waals surface area contributed by atoms with E-state index in [-0.39, 0.29) is 6.61 Å². The van der Waals surface area contributed by atoms with E-state index in [9.17, 15) is 35.1 Å². The summed E-state index contributed by atoms with van der Waals surface area (Å²) in [5.74, 6) is -11.3. The second-order valence-electron chi connectivity index (χ2n) is 13.9. The van der Waals surface area contributed by atoms with Crippen LogP contribution in [0.15, 0.2) is 4.90 Å². The van der Waals surface area contributed by atoms with E-state index in [4.69, 9.17) is 4.74 Å². The van der Waals surface area contributed by atoms with Crippen molar-refractivity contribution in [2.75, 3.05) is 12.4 Å². The smallest absolute Gasteiger partial charge is 0.204 e. The number of hydrogen-bond acceptors (Lipinski definition) is 2. The molecular formula is C42H64F8OS. The normalized spacial score (nSPS) is 11.2. The Bertz CT molecular complexity index is 1200. The molecule has 300 valence electrons. The molecule has 0 radical (unpaired) electrons. The predicted octanol–water partition coefficient (Wildman–Crippen LogP) is 16.0. The van der Waals surface area contributed by atoms with Crippen LogP contribution in [-0.2, 0) is 0 Å². The topological polar surface area (TPSA) is 9.23 Å².